The Bertz CT molecular complexity index is 715. The Kier molecular flexibility index (Phi) is 6.58. The van der Waals surface area contributed by atoms with Gasteiger partial charge in [-0.05, 0) is 48.8 Å². The molecule has 25 heavy (non-hydrogen) atoms. The van der Waals surface area contributed by atoms with E-state index in [1.165, 1.54) is 30.8 Å². The van der Waals surface area contributed by atoms with Crippen LogP contribution in [0.5, 0.6) is 0 Å². The molecule has 0 saturated carbocycles. The van der Waals surface area contributed by atoms with Gasteiger partial charge in [0.05, 0.1) is 34.7 Å². The van der Waals surface area contributed by atoms with Gasteiger partial charge in [0.2, 0.25) is 0 Å². The van der Waals surface area contributed by atoms with E-state index in [0.717, 1.165) is 5.69 Å². The maximum atomic E-state index is 6.22. The number of hydrogen-bond donors (Lipinski definition) is 3. The molecule has 1 aliphatic heterocycles. The molecule has 0 spiro atoms. The Hall–Kier alpha value is -0.850. The van der Waals surface area contributed by atoms with E-state index < -0.39 is 0 Å². The smallest absolute Gasteiger partial charge is 0.171 e. The van der Waals surface area contributed by atoms with Gasteiger partial charge in [0.15, 0.2) is 5.11 Å². The number of likely N-dealkylation sites (tertiary alicyclic amines) is 1. The van der Waals surface area contributed by atoms with Crippen LogP contribution in [-0.4, -0.2) is 24.2 Å². The molecule has 3 rings (SSSR count). The summed E-state index contributed by atoms with van der Waals surface area (Å²) in [5.74, 6) is 0. The molecule has 0 radical (unpaired) electrons. The first-order valence-electron chi connectivity index (χ1n) is 8.45. The van der Waals surface area contributed by atoms with Gasteiger partial charge in [-0.3, -0.25) is 0 Å². The molecule has 0 aliphatic carbocycles. The number of rotatable bonds is 5. The Morgan fingerprint density at radius 2 is 2.00 bits per heavy atom. The van der Waals surface area contributed by atoms with Gasteiger partial charge >= 0.3 is 0 Å². The van der Waals surface area contributed by atoms with Gasteiger partial charge < -0.3 is 15.5 Å². The van der Waals surface area contributed by atoms with Crippen LogP contribution in [0.25, 0.3) is 0 Å². The van der Waals surface area contributed by atoms with Gasteiger partial charge in [-0.25, -0.2) is 0 Å². The number of quaternary nitrogens is 1. The molecule has 3 N–H and O–H groups in total. The zero-order chi connectivity index (χ0) is 17.8. The number of thiophene rings is 1. The van der Waals surface area contributed by atoms with Gasteiger partial charge in [-0.1, -0.05) is 29.3 Å². The second-order valence-electron chi connectivity index (χ2n) is 6.37. The molecule has 7 heteroatoms. The first-order valence-corrected chi connectivity index (χ1v) is 10.5. The van der Waals surface area contributed by atoms with Crippen molar-refractivity contribution in [3.05, 3.63) is 50.6 Å². The van der Waals surface area contributed by atoms with Crippen LogP contribution in [0.1, 0.15) is 30.7 Å². The van der Waals surface area contributed by atoms with E-state index in [1.807, 2.05) is 17.4 Å². The molecule has 0 bridgehead atoms. The zero-order valence-corrected chi connectivity index (χ0v) is 17.2. The minimum atomic E-state index is 0.220. The van der Waals surface area contributed by atoms with Crippen LogP contribution in [0.2, 0.25) is 10.0 Å². The highest BCUT2D eigenvalue weighted by Gasteiger charge is 2.33. The lowest BCUT2D eigenvalue weighted by Crippen LogP contribution is -3.11. The summed E-state index contributed by atoms with van der Waals surface area (Å²) in [6, 6.07) is 10.3. The predicted octanol–water partition coefficient (Wildman–Crippen LogP) is 4.15. The largest absolute Gasteiger partial charge is 0.354 e. The number of halogens is 2. The normalized spacial score (nSPS) is 17.2. The number of anilines is 1. The third-order valence-corrected chi connectivity index (χ3v) is 6.30. The van der Waals surface area contributed by atoms with Crippen molar-refractivity contribution < 1.29 is 4.90 Å². The highest BCUT2D eigenvalue weighted by atomic mass is 35.5. The average molecular weight is 415 g/mol. The molecule has 1 fully saturated rings. The molecule has 0 unspecified atom stereocenters. The quantitative estimate of drug-likeness (QED) is 0.641. The molecular weight excluding hydrogens is 393 g/mol. The Morgan fingerprint density at radius 1 is 1.24 bits per heavy atom. The van der Waals surface area contributed by atoms with Gasteiger partial charge in [-0.15, -0.1) is 11.3 Å². The second kappa shape index (κ2) is 8.69. The highest BCUT2D eigenvalue weighted by Crippen LogP contribution is 2.25. The summed E-state index contributed by atoms with van der Waals surface area (Å²) in [5.41, 5.74) is 0.761. The van der Waals surface area contributed by atoms with Crippen molar-refractivity contribution in [1.82, 2.24) is 5.32 Å². The zero-order valence-electron chi connectivity index (χ0n) is 14.0. The van der Waals surface area contributed by atoms with Crippen LogP contribution in [0.4, 0.5) is 5.69 Å². The third kappa shape index (κ3) is 4.86. The summed E-state index contributed by atoms with van der Waals surface area (Å²) in [4.78, 5) is 3.04. The maximum Gasteiger partial charge on any atom is 0.171 e. The monoisotopic (exact) mass is 414 g/mol. The molecule has 1 aliphatic rings. The van der Waals surface area contributed by atoms with Crippen LogP contribution in [0.3, 0.4) is 0 Å². The Morgan fingerprint density at radius 3 is 2.64 bits per heavy atom. The Labute approximate surface area is 168 Å². The first-order chi connectivity index (χ1) is 12.0. The molecule has 2 atom stereocenters. The van der Waals surface area contributed by atoms with E-state index in [0.29, 0.717) is 21.2 Å². The minimum absolute atomic E-state index is 0.220. The van der Waals surface area contributed by atoms with Crippen molar-refractivity contribution in [2.75, 3.05) is 18.4 Å². The van der Waals surface area contributed by atoms with E-state index in [-0.39, 0.29) is 6.04 Å². The van der Waals surface area contributed by atoms with Crippen molar-refractivity contribution >= 4 is 57.6 Å². The van der Waals surface area contributed by atoms with Crippen molar-refractivity contribution in [2.45, 2.75) is 31.8 Å². The van der Waals surface area contributed by atoms with E-state index in [2.05, 4.69) is 35.1 Å². The predicted molar refractivity (Wildman–Crippen MR) is 112 cm³/mol. The van der Waals surface area contributed by atoms with Crippen LogP contribution in [-0.2, 0) is 0 Å². The fraction of sp³-hybridized carbons (Fsp3) is 0.389. The number of nitrogens with one attached hydrogen (secondary N) is 3. The number of benzene rings is 1. The van der Waals surface area contributed by atoms with Crippen LogP contribution in [0.15, 0.2) is 35.7 Å². The molecule has 1 saturated heterocycles. The summed E-state index contributed by atoms with van der Waals surface area (Å²) < 4.78 is 0. The molecular formula is C18H22Cl2N3S2+. The van der Waals surface area contributed by atoms with E-state index in [4.69, 9.17) is 35.4 Å². The lowest BCUT2D eigenvalue weighted by Gasteiger charge is -2.30. The van der Waals surface area contributed by atoms with Gasteiger partial charge in [0.1, 0.15) is 6.04 Å². The number of hydrogen-bond acceptors (Lipinski definition) is 2. The fourth-order valence-electron chi connectivity index (χ4n) is 3.45. The summed E-state index contributed by atoms with van der Waals surface area (Å²) in [6.07, 6.45) is 2.60. The molecule has 1 aromatic heterocycles. The average Bonchev–Trinajstić information content (AvgIpc) is 3.24. The second-order valence-corrected chi connectivity index (χ2v) is 8.60. The van der Waals surface area contributed by atoms with Crippen molar-refractivity contribution in [3.8, 4) is 0 Å². The maximum absolute atomic E-state index is 6.22. The fourth-order valence-corrected chi connectivity index (χ4v) is 5.19. The van der Waals surface area contributed by atoms with Crippen molar-refractivity contribution in [2.24, 2.45) is 0 Å². The lowest BCUT2D eigenvalue weighted by atomic mass is 10.1. The number of thiocarbonyl (C=S) groups is 1. The summed E-state index contributed by atoms with van der Waals surface area (Å²) in [5, 5.41) is 10.5. The van der Waals surface area contributed by atoms with Crippen LogP contribution < -0.4 is 15.5 Å². The van der Waals surface area contributed by atoms with E-state index in [1.54, 1.807) is 17.0 Å². The van der Waals surface area contributed by atoms with Crippen molar-refractivity contribution in [3.63, 3.8) is 0 Å². The van der Waals surface area contributed by atoms with Crippen LogP contribution >= 0.6 is 46.8 Å². The summed E-state index contributed by atoms with van der Waals surface area (Å²) >= 11 is 19.5. The highest BCUT2D eigenvalue weighted by molar-refractivity contribution is 7.80. The summed E-state index contributed by atoms with van der Waals surface area (Å²) in [6.45, 7) is 4.64. The SMILES string of the molecule is C[C@H](NC(=S)Nc1ccc(Cl)cc1Cl)[C@@H](c1cccs1)[NH+]1CCCC1. The minimum Gasteiger partial charge on any atom is -0.354 e. The summed E-state index contributed by atoms with van der Waals surface area (Å²) in [7, 11) is 0. The topological polar surface area (TPSA) is 28.5 Å². The molecule has 3 nitrogen and oxygen atoms in total. The van der Waals surface area contributed by atoms with E-state index >= 15 is 0 Å². The van der Waals surface area contributed by atoms with E-state index in [9.17, 15) is 0 Å². The molecule has 2 aromatic rings. The third-order valence-electron chi connectivity index (χ3n) is 4.57. The van der Waals surface area contributed by atoms with Crippen LogP contribution in [0, 0.1) is 0 Å². The standard InChI is InChI=1S/C18H21Cl2N3S2/c1-12(17(16-5-4-10-25-16)23-8-2-3-9-23)21-18(24)22-15-7-6-13(19)11-14(15)20/h4-7,10-12,17H,2-3,8-9H2,1H3,(H2,21,22,24)/p+1/t12-,17-/m0/s1. The molecule has 2 heterocycles. The van der Waals surface area contributed by atoms with Gasteiger partial charge in [0, 0.05) is 17.9 Å². The molecule has 134 valence electrons. The molecule has 1 aromatic carbocycles. The van der Waals surface area contributed by atoms with Crippen molar-refractivity contribution in [1.29, 1.82) is 0 Å². The van der Waals surface area contributed by atoms with Gasteiger partial charge in [0.25, 0.3) is 0 Å². The lowest BCUT2D eigenvalue weighted by molar-refractivity contribution is -0.920. The molecule has 0 amide bonds. The van der Waals surface area contributed by atoms with Gasteiger partial charge in [-0.2, -0.15) is 0 Å². The first kappa shape index (κ1) is 18.9. The Balaban J connectivity index is 1.68.